The predicted octanol–water partition coefficient (Wildman–Crippen LogP) is 4.47. The average Bonchev–Trinajstić information content (AvgIpc) is 2.98. The fourth-order valence-corrected chi connectivity index (χ4v) is 3.01. The van der Waals surface area contributed by atoms with Crippen LogP contribution in [0.25, 0.3) is 0 Å². The molecule has 0 radical (unpaired) electrons. The van der Waals surface area contributed by atoms with E-state index in [1.807, 2.05) is 19.9 Å². The monoisotopic (exact) mass is 477 g/mol. The lowest BCUT2D eigenvalue weighted by Crippen LogP contribution is -2.36. The number of aliphatic imine (C=N–C) groups is 1. The Bertz CT molecular complexity index is 691. The molecule has 0 aliphatic rings. The first kappa shape index (κ1) is 21.7. The molecule has 4 nitrogen and oxygen atoms in total. The number of benzene rings is 1. The van der Waals surface area contributed by atoms with E-state index in [0.717, 1.165) is 24.6 Å². The van der Waals surface area contributed by atoms with Crippen LogP contribution in [0.4, 0.5) is 4.39 Å². The van der Waals surface area contributed by atoms with Gasteiger partial charge in [0.05, 0.1) is 19.7 Å². The fraction of sp³-hybridized carbons (Fsp3) is 0.389. The van der Waals surface area contributed by atoms with Crippen molar-refractivity contribution in [3.8, 4) is 5.75 Å². The second-order valence-corrected chi connectivity index (χ2v) is 6.63. The topological polar surface area (TPSA) is 45.7 Å². The van der Waals surface area contributed by atoms with Crippen LogP contribution < -0.4 is 15.4 Å². The third-order valence-electron chi connectivity index (χ3n) is 3.29. The number of guanidine groups is 1. The average molecular weight is 477 g/mol. The third-order valence-corrected chi connectivity index (χ3v) is 4.29. The molecule has 1 aromatic carbocycles. The van der Waals surface area contributed by atoms with Crippen LogP contribution >= 0.6 is 35.3 Å². The Hall–Kier alpha value is -1.35. The zero-order valence-corrected chi connectivity index (χ0v) is 17.9. The molecule has 0 aliphatic carbocycles. The zero-order valence-electron chi connectivity index (χ0n) is 14.8. The number of aryl methyl sites for hydroxylation is 1. The lowest BCUT2D eigenvalue weighted by molar-refractivity contribution is 0.321. The van der Waals surface area contributed by atoms with Crippen molar-refractivity contribution < 1.29 is 9.13 Å². The summed E-state index contributed by atoms with van der Waals surface area (Å²) in [5.41, 5.74) is 0.806. The molecular formula is C18H25FIN3OS. The maximum atomic E-state index is 13.9. The van der Waals surface area contributed by atoms with E-state index < -0.39 is 0 Å². The zero-order chi connectivity index (χ0) is 17.4. The van der Waals surface area contributed by atoms with Gasteiger partial charge in [0.15, 0.2) is 17.5 Å². The summed E-state index contributed by atoms with van der Waals surface area (Å²) in [6, 6.07) is 9.18. The highest BCUT2D eigenvalue weighted by Crippen LogP contribution is 2.19. The highest BCUT2D eigenvalue weighted by atomic mass is 127. The molecule has 7 heteroatoms. The quantitative estimate of drug-likeness (QED) is 0.352. The van der Waals surface area contributed by atoms with Crippen LogP contribution in [0.5, 0.6) is 5.75 Å². The standard InChI is InChI=1S/C18H24FN3OS.HI/c1-4-20-18(22-12-15-8-6-13(3)24-15)21-11-14-7-9-17(23-5-2)16(19)10-14;/h6-10H,4-5,11-12H2,1-3H3,(H2,20,21,22);1H. The Balaban J connectivity index is 0.00000312. The Morgan fingerprint density at radius 2 is 2.00 bits per heavy atom. The van der Waals surface area contributed by atoms with Gasteiger partial charge in [0.25, 0.3) is 0 Å². The molecule has 0 atom stereocenters. The molecule has 1 heterocycles. The summed E-state index contributed by atoms with van der Waals surface area (Å²) < 4.78 is 19.1. The number of hydrogen-bond acceptors (Lipinski definition) is 3. The molecule has 2 N–H and O–H groups in total. The van der Waals surface area contributed by atoms with E-state index in [9.17, 15) is 4.39 Å². The molecule has 0 aliphatic heterocycles. The van der Waals surface area contributed by atoms with Crippen LogP contribution in [-0.4, -0.2) is 19.1 Å². The van der Waals surface area contributed by atoms with E-state index in [-0.39, 0.29) is 35.5 Å². The Morgan fingerprint density at radius 3 is 2.60 bits per heavy atom. The van der Waals surface area contributed by atoms with Crippen LogP contribution in [0.1, 0.15) is 29.2 Å². The number of thiophene rings is 1. The minimum atomic E-state index is -0.350. The van der Waals surface area contributed by atoms with Gasteiger partial charge in [-0.25, -0.2) is 9.38 Å². The van der Waals surface area contributed by atoms with Gasteiger partial charge in [-0.05, 0) is 50.6 Å². The first-order valence-corrected chi connectivity index (χ1v) is 8.92. The van der Waals surface area contributed by atoms with Crippen molar-refractivity contribution in [2.45, 2.75) is 33.9 Å². The van der Waals surface area contributed by atoms with Crippen molar-refractivity contribution in [2.75, 3.05) is 13.2 Å². The van der Waals surface area contributed by atoms with Gasteiger partial charge in [0, 0.05) is 16.3 Å². The molecule has 25 heavy (non-hydrogen) atoms. The molecule has 2 rings (SSSR count). The minimum absolute atomic E-state index is 0. The van der Waals surface area contributed by atoms with Crippen molar-refractivity contribution in [3.63, 3.8) is 0 Å². The molecule has 0 saturated carbocycles. The van der Waals surface area contributed by atoms with E-state index >= 15 is 0 Å². The first-order valence-electron chi connectivity index (χ1n) is 8.11. The third kappa shape index (κ3) is 7.19. The Kier molecular flexibility index (Phi) is 9.81. The lowest BCUT2D eigenvalue weighted by atomic mass is 10.2. The molecular weight excluding hydrogens is 452 g/mol. The lowest BCUT2D eigenvalue weighted by Gasteiger charge is -2.11. The summed E-state index contributed by atoms with van der Waals surface area (Å²) >= 11 is 1.76. The van der Waals surface area contributed by atoms with Gasteiger partial charge in [0.2, 0.25) is 0 Å². The Labute approximate surface area is 169 Å². The second-order valence-electron chi connectivity index (χ2n) is 5.26. The number of halogens is 2. The molecule has 0 bridgehead atoms. The molecule has 2 aromatic rings. The van der Waals surface area contributed by atoms with Gasteiger partial charge in [0.1, 0.15) is 0 Å². The van der Waals surface area contributed by atoms with Crippen LogP contribution in [0.15, 0.2) is 35.3 Å². The van der Waals surface area contributed by atoms with Gasteiger partial charge in [-0.2, -0.15) is 0 Å². The maximum Gasteiger partial charge on any atom is 0.191 e. The van der Waals surface area contributed by atoms with E-state index in [2.05, 4.69) is 34.7 Å². The Morgan fingerprint density at radius 1 is 1.20 bits per heavy atom. The number of rotatable bonds is 7. The number of hydrogen-bond donors (Lipinski definition) is 2. The second kappa shape index (κ2) is 11.3. The van der Waals surface area contributed by atoms with Crippen LogP contribution in [0.3, 0.4) is 0 Å². The van der Waals surface area contributed by atoms with Crippen molar-refractivity contribution in [2.24, 2.45) is 4.99 Å². The SMILES string of the molecule is CCNC(=NCc1ccc(OCC)c(F)c1)NCc1ccc(C)s1.I. The van der Waals surface area contributed by atoms with Gasteiger partial charge in [-0.15, -0.1) is 35.3 Å². The van der Waals surface area contributed by atoms with Gasteiger partial charge in [-0.3, -0.25) is 0 Å². The first-order chi connectivity index (χ1) is 11.6. The van der Waals surface area contributed by atoms with Crippen LogP contribution in [0.2, 0.25) is 0 Å². The van der Waals surface area contributed by atoms with E-state index in [1.54, 1.807) is 17.4 Å². The van der Waals surface area contributed by atoms with Gasteiger partial charge < -0.3 is 15.4 Å². The van der Waals surface area contributed by atoms with Gasteiger partial charge >= 0.3 is 0 Å². The normalized spacial score (nSPS) is 11.0. The summed E-state index contributed by atoms with van der Waals surface area (Å²) in [6.07, 6.45) is 0. The van der Waals surface area contributed by atoms with E-state index in [4.69, 9.17) is 4.74 Å². The van der Waals surface area contributed by atoms with Crippen LogP contribution in [0, 0.1) is 12.7 Å². The molecule has 0 unspecified atom stereocenters. The summed E-state index contributed by atoms with van der Waals surface area (Å²) in [6.45, 7) is 8.29. The summed E-state index contributed by atoms with van der Waals surface area (Å²) in [5.74, 6) is 0.651. The minimum Gasteiger partial charge on any atom is -0.491 e. The van der Waals surface area contributed by atoms with E-state index in [1.165, 1.54) is 15.8 Å². The number of ether oxygens (including phenoxy) is 1. The van der Waals surface area contributed by atoms with Gasteiger partial charge in [-0.1, -0.05) is 6.07 Å². The van der Waals surface area contributed by atoms with Crippen molar-refractivity contribution in [3.05, 3.63) is 51.5 Å². The summed E-state index contributed by atoms with van der Waals surface area (Å²) in [7, 11) is 0. The van der Waals surface area contributed by atoms with Crippen molar-refractivity contribution in [1.29, 1.82) is 0 Å². The smallest absolute Gasteiger partial charge is 0.191 e. The van der Waals surface area contributed by atoms with Crippen molar-refractivity contribution >= 4 is 41.3 Å². The molecule has 1 aromatic heterocycles. The van der Waals surface area contributed by atoms with Crippen molar-refractivity contribution in [1.82, 2.24) is 10.6 Å². The summed E-state index contributed by atoms with van der Waals surface area (Å²) in [4.78, 5) is 7.06. The number of nitrogens with zero attached hydrogens (tertiary/aromatic N) is 1. The highest BCUT2D eigenvalue weighted by molar-refractivity contribution is 14.0. The van der Waals surface area contributed by atoms with Crippen LogP contribution in [-0.2, 0) is 13.1 Å². The molecule has 138 valence electrons. The van der Waals surface area contributed by atoms with E-state index in [0.29, 0.717) is 13.2 Å². The maximum absolute atomic E-state index is 13.9. The fourth-order valence-electron chi connectivity index (χ4n) is 2.18. The molecule has 0 saturated heterocycles. The number of nitrogens with one attached hydrogen (secondary N) is 2. The predicted molar refractivity (Wildman–Crippen MR) is 114 cm³/mol. The highest BCUT2D eigenvalue weighted by Gasteiger charge is 2.05. The molecule has 0 spiro atoms. The summed E-state index contributed by atoms with van der Waals surface area (Å²) in [5, 5.41) is 6.50. The molecule has 0 amide bonds. The largest absolute Gasteiger partial charge is 0.491 e. The molecule has 0 fully saturated rings.